The van der Waals surface area contributed by atoms with E-state index < -0.39 is 0 Å². The number of nitrogens with zero attached hydrogens (tertiary/aromatic N) is 2. The molecule has 1 N–H and O–H groups in total. The van der Waals surface area contributed by atoms with Crippen molar-refractivity contribution in [1.82, 2.24) is 9.55 Å². The van der Waals surface area contributed by atoms with Gasteiger partial charge in [-0.05, 0) is 17.9 Å². The van der Waals surface area contributed by atoms with E-state index in [1.807, 2.05) is 12.5 Å². The normalized spacial score (nSPS) is 18.1. The number of hydrogen-bond donors (Lipinski definition) is 1. The van der Waals surface area contributed by atoms with Crippen molar-refractivity contribution in [3.05, 3.63) is 42.4 Å². The Morgan fingerprint density at radius 1 is 1.25 bits per heavy atom. The molecule has 1 aromatic heterocycles. The zero-order valence-corrected chi connectivity index (χ0v) is 12.2. The minimum Gasteiger partial charge on any atom is -0.393 e. The van der Waals surface area contributed by atoms with Crippen molar-refractivity contribution < 1.29 is 5.11 Å². The molecule has 0 amide bonds. The first-order valence-corrected chi connectivity index (χ1v) is 7.55. The van der Waals surface area contributed by atoms with Gasteiger partial charge in [-0.3, -0.25) is 0 Å². The number of imidazole rings is 1. The highest BCUT2D eigenvalue weighted by Crippen LogP contribution is 2.41. The topological polar surface area (TPSA) is 38.1 Å². The molecule has 1 aromatic carbocycles. The Bertz CT molecular complexity index is 586. The number of aliphatic hydroxyl groups excluding tert-OH is 1. The van der Waals surface area contributed by atoms with E-state index in [0.29, 0.717) is 5.92 Å². The van der Waals surface area contributed by atoms with Crippen LogP contribution in [0.2, 0.25) is 0 Å². The fourth-order valence-electron chi connectivity index (χ4n) is 3.43. The zero-order valence-electron chi connectivity index (χ0n) is 12.2. The summed E-state index contributed by atoms with van der Waals surface area (Å²) in [6, 6.07) is 8.68. The molecule has 106 valence electrons. The van der Waals surface area contributed by atoms with E-state index in [1.54, 1.807) is 0 Å². The van der Waals surface area contributed by atoms with E-state index >= 15 is 0 Å². The van der Waals surface area contributed by atoms with Crippen LogP contribution >= 0.6 is 0 Å². The minimum absolute atomic E-state index is 0.222. The van der Waals surface area contributed by atoms with Crippen molar-refractivity contribution in [3.8, 4) is 11.3 Å². The predicted octanol–water partition coefficient (Wildman–Crippen LogP) is 3.64. The standard InChI is InChI=1S/C17H22N2O/c1-3-12(4-2)17(20)9-15-13-7-5-6-8-14(13)16-10-18-11-19(15)16/h5-8,10-12,15,17,20H,3-4,9H2,1-2H3. The lowest BCUT2D eigenvalue weighted by molar-refractivity contribution is 0.0845. The van der Waals surface area contributed by atoms with Crippen LogP contribution in [0.25, 0.3) is 11.3 Å². The third-order valence-electron chi connectivity index (χ3n) is 4.66. The highest BCUT2D eigenvalue weighted by molar-refractivity contribution is 5.68. The Kier molecular flexibility index (Phi) is 3.62. The number of fused-ring (bicyclic) bond motifs is 3. The molecule has 0 spiro atoms. The van der Waals surface area contributed by atoms with Gasteiger partial charge < -0.3 is 9.67 Å². The van der Waals surface area contributed by atoms with Crippen LogP contribution in [-0.4, -0.2) is 20.8 Å². The number of hydrogen-bond acceptors (Lipinski definition) is 2. The van der Waals surface area contributed by atoms with Gasteiger partial charge in [0.2, 0.25) is 0 Å². The molecule has 2 heterocycles. The van der Waals surface area contributed by atoms with Crippen LogP contribution in [0.1, 0.15) is 44.7 Å². The molecule has 0 radical (unpaired) electrons. The van der Waals surface area contributed by atoms with Crippen molar-refractivity contribution in [2.45, 2.75) is 45.3 Å². The minimum atomic E-state index is -0.253. The maximum Gasteiger partial charge on any atom is 0.0956 e. The lowest BCUT2D eigenvalue weighted by atomic mass is 9.89. The van der Waals surface area contributed by atoms with Crippen molar-refractivity contribution >= 4 is 0 Å². The molecule has 0 saturated heterocycles. The van der Waals surface area contributed by atoms with Crippen LogP contribution in [0.5, 0.6) is 0 Å². The molecule has 2 aromatic rings. The van der Waals surface area contributed by atoms with Crippen molar-refractivity contribution in [3.63, 3.8) is 0 Å². The van der Waals surface area contributed by atoms with Crippen LogP contribution < -0.4 is 0 Å². The van der Waals surface area contributed by atoms with Gasteiger partial charge in [0.15, 0.2) is 0 Å². The van der Waals surface area contributed by atoms with Gasteiger partial charge in [0.25, 0.3) is 0 Å². The van der Waals surface area contributed by atoms with Crippen LogP contribution in [0.4, 0.5) is 0 Å². The molecule has 3 rings (SSSR count). The van der Waals surface area contributed by atoms with Gasteiger partial charge >= 0.3 is 0 Å². The van der Waals surface area contributed by atoms with E-state index in [4.69, 9.17) is 0 Å². The molecule has 1 aliphatic rings. The summed E-state index contributed by atoms with van der Waals surface area (Å²) in [4.78, 5) is 4.27. The summed E-state index contributed by atoms with van der Waals surface area (Å²) in [5, 5.41) is 10.5. The van der Waals surface area contributed by atoms with Gasteiger partial charge in [0, 0.05) is 5.56 Å². The summed E-state index contributed by atoms with van der Waals surface area (Å²) in [6.07, 6.45) is 6.39. The second kappa shape index (κ2) is 5.41. The largest absolute Gasteiger partial charge is 0.393 e. The van der Waals surface area contributed by atoms with Crippen molar-refractivity contribution in [1.29, 1.82) is 0 Å². The molecule has 0 fully saturated rings. The van der Waals surface area contributed by atoms with Crippen LogP contribution in [-0.2, 0) is 0 Å². The average Bonchev–Trinajstić information content (AvgIpc) is 3.04. The van der Waals surface area contributed by atoms with Gasteiger partial charge in [0.05, 0.1) is 30.4 Å². The fourth-order valence-corrected chi connectivity index (χ4v) is 3.43. The third kappa shape index (κ3) is 2.06. The van der Waals surface area contributed by atoms with Crippen LogP contribution in [0.3, 0.4) is 0 Å². The predicted molar refractivity (Wildman–Crippen MR) is 80.5 cm³/mol. The van der Waals surface area contributed by atoms with Gasteiger partial charge in [-0.1, -0.05) is 51.0 Å². The first-order chi connectivity index (χ1) is 9.76. The molecular weight excluding hydrogens is 248 g/mol. The number of rotatable bonds is 5. The smallest absolute Gasteiger partial charge is 0.0956 e. The maximum absolute atomic E-state index is 10.5. The van der Waals surface area contributed by atoms with Gasteiger partial charge in [0.1, 0.15) is 0 Å². The van der Waals surface area contributed by atoms with Crippen molar-refractivity contribution in [2.75, 3.05) is 0 Å². The van der Waals surface area contributed by atoms with Gasteiger partial charge in [-0.25, -0.2) is 4.98 Å². The number of aliphatic hydroxyl groups is 1. The van der Waals surface area contributed by atoms with Gasteiger partial charge in [-0.15, -0.1) is 0 Å². The highest BCUT2D eigenvalue weighted by Gasteiger charge is 2.31. The number of aromatic nitrogens is 2. The Balaban J connectivity index is 1.91. The summed E-state index contributed by atoms with van der Waals surface area (Å²) < 4.78 is 2.20. The molecular formula is C17H22N2O. The average molecular weight is 270 g/mol. The third-order valence-corrected chi connectivity index (χ3v) is 4.66. The molecule has 0 aliphatic carbocycles. The second-order valence-corrected chi connectivity index (χ2v) is 5.67. The molecule has 1 aliphatic heterocycles. The summed E-state index contributed by atoms with van der Waals surface area (Å²) >= 11 is 0. The monoisotopic (exact) mass is 270 g/mol. The summed E-state index contributed by atoms with van der Waals surface area (Å²) in [7, 11) is 0. The quantitative estimate of drug-likeness (QED) is 0.900. The second-order valence-electron chi connectivity index (χ2n) is 5.67. The van der Waals surface area contributed by atoms with Crippen molar-refractivity contribution in [2.24, 2.45) is 5.92 Å². The lowest BCUT2D eigenvalue weighted by Gasteiger charge is -2.24. The van der Waals surface area contributed by atoms with E-state index in [-0.39, 0.29) is 12.1 Å². The van der Waals surface area contributed by atoms with E-state index in [1.165, 1.54) is 16.8 Å². The maximum atomic E-state index is 10.5. The summed E-state index contributed by atoms with van der Waals surface area (Å²) in [5.41, 5.74) is 3.74. The summed E-state index contributed by atoms with van der Waals surface area (Å²) in [6.45, 7) is 4.31. The highest BCUT2D eigenvalue weighted by atomic mass is 16.3. The SMILES string of the molecule is CCC(CC)C(O)CC1c2ccccc2-c2cncn21. The van der Waals surface area contributed by atoms with E-state index in [9.17, 15) is 5.11 Å². The lowest BCUT2D eigenvalue weighted by Crippen LogP contribution is -2.23. The molecule has 2 atom stereocenters. The first kappa shape index (κ1) is 13.4. The molecule has 3 heteroatoms. The Hall–Kier alpha value is -1.61. The number of benzene rings is 1. The molecule has 20 heavy (non-hydrogen) atoms. The van der Waals surface area contributed by atoms with E-state index in [2.05, 4.69) is 47.7 Å². The summed E-state index contributed by atoms with van der Waals surface area (Å²) in [5.74, 6) is 0.384. The molecule has 0 saturated carbocycles. The van der Waals surface area contributed by atoms with Crippen LogP contribution in [0, 0.1) is 5.92 Å². The fraction of sp³-hybridized carbons (Fsp3) is 0.471. The van der Waals surface area contributed by atoms with Crippen LogP contribution in [0.15, 0.2) is 36.8 Å². The Labute approximate surface area is 120 Å². The first-order valence-electron chi connectivity index (χ1n) is 7.55. The molecule has 3 nitrogen and oxygen atoms in total. The molecule has 2 unspecified atom stereocenters. The zero-order chi connectivity index (χ0) is 14.1. The van der Waals surface area contributed by atoms with E-state index in [0.717, 1.165) is 19.3 Å². The Morgan fingerprint density at radius 2 is 2.00 bits per heavy atom. The van der Waals surface area contributed by atoms with Gasteiger partial charge in [-0.2, -0.15) is 0 Å². The molecule has 0 bridgehead atoms. The Morgan fingerprint density at radius 3 is 2.75 bits per heavy atom.